The SMILES string of the molecule is CC1CN(C(=O)c2cc3c(Cl)cccc3s2)CCN1C(=O)c1ncn(-c2cccc(Cl)c2)n1. The number of nitrogens with zero attached hydrogens (tertiary/aromatic N) is 5. The lowest BCUT2D eigenvalue weighted by Gasteiger charge is -2.39. The van der Waals surface area contributed by atoms with Crippen LogP contribution in [0, 0.1) is 0 Å². The second-order valence-corrected chi connectivity index (χ2v) is 9.78. The van der Waals surface area contributed by atoms with Gasteiger partial charge in [0.1, 0.15) is 6.33 Å². The molecule has 1 aliphatic heterocycles. The Morgan fingerprint density at radius 3 is 2.64 bits per heavy atom. The van der Waals surface area contributed by atoms with Crippen LogP contribution in [-0.4, -0.2) is 62.1 Å². The van der Waals surface area contributed by atoms with Crippen molar-refractivity contribution >= 4 is 56.4 Å². The van der Waals surface area contributed by atoms with E-state index in [9.17, 15) is 9.59 Å². The highest BCUT2D eigenvalue weighted by molar-refractivity contribution is 7.20. The summed E-state index contributed by atoms with van der Waals surface area (Å²) in [5.74, 6) is -0.195. The van der Waals surface area contributed by atoms with Crippen molar-refractivity contribution in [1.29, 1.82) is 0 Å². The first-order chi connectivity index (χ1) is 15.9. The van der Waals surface area contributed by atoms with Gasteiger partial charge in [0.2, 0.25) is 5.82 Å². The zero-order chi connectivity index (χ0) is 23.1. The van der Waals surface area contributed by atoms with Crippen LogP contribution in [0.5, 0.6) is 0 Å². The van der Waals surface area contributed by atoms with E-state index in [2.05, 4.69) is 10.1 Å². The maximum Gasteiger partial charge on any atom is 0.293 e. The Morgan fingerprint density at radius 2 is 1.88 bits per heavy atom. The molecule has 10 heteroatoms. The van der Waals surface area contributed by atoms with Gasteiger partial charge < -0.3 is 9.80 Å². The van der Waals surface area contributed by atoms with Crippen LogP contribution in [0.25, 0.3) is 15.8 Å². The van der Waals surface area contributed by atoms with Crippen LogP contribution in [0.4, 0.5) is 0 Å². The molecule has 1 atom stereocenters. The van der Waals surface area contributed by atoms with Crippen LogP contribution in [-0.2, 0) is 0 Å². The third-order valence-corrected chi connectivity index (χ3v) is 7.30. The average Bonchev–Trinajstić information content (AvgIpc) is 3.47. The second kappa shape index (κ2) is 8.78. The van der Waals surface area contributed by atoms with Crippen LogP contribution < -0.4 is 0 Å². The number of carbonyl (C=O) groups is 2. The van der Waals surface area contributed by atoms with E-state index in [-0.39, 0.29) is 23.7 Å². The lowest BCUT2D eigenvalue weighted by Crippen LogP contribution is -2.55. The van der Waals surface area contributed by atoms with Crippen LogP contribution in [0.2, 0.25) is 10.0 Å². The third-order valence-electron chi connectivity index (χ3n) is 5.65. The van der Waals surface area contributed by atoms with Gasteiger partial charge in [-0.2, -0.15) is 0 Å². The van der Waals surface area contributed by atoms with E-state index in [4.69, 9.17) is 23.2 Å². The molecule has 0 saturated carbocycles. The quantitative estimate of drug-likeness (QED) is 0.406. The molecule has 33 heavy (non-hydrogen) atoms. The van der Waals surface area contributed by atoms with E-state index in [0.717, 1.165) is 15.8 Å². The number of thiophene rings is 1. The van der Waals surface area contributed by atoms with Gasteiger partial charge in [-0.25, -0.2) is 9.67 Å². The van der Waals surface area contributed by atoms with E-state index < -0.39 is 0 Å². The Labute approximate surface area is 204 Å². The molecule has 4 aromatic rings. The Morgan fingerprint density at radius 1 is 1.06 bits per heavy atom. The number of rotatable bonds is 3. The lowest BCUT2D eigenvalue weighted by atomic mass is 10.1. The number of piperazine rings is 1. The zero-order valence-electron chi connectivity index (χ0n) is 17.6. The number of carbonyl (C=O) groups excluding carboxylic acids is 2. The van der Waals surface area contributed by atoms with Gasteiger partial charge in [-0.15, -0.1) is 16.4 Å². The van der Waals surface area contributed by atoms with Crippen LogP contribution in [0.3, 0.4) is 0 Å². The summed E-state index contributed by atoms with van der Waals surface area (Å²) in [6.45, 7) is 3.20. The number of halogens is 2. The Kier molecular flexibility index (Phi) is 5.82. The maximum absolute atomic E-state index is 13.1. The summed E-state index contributed by atoms with van der Waals surface area (Å²) in [4.78, 5) is 34.5. The molecule has 0 N–H and O–H groups in total. The highest BCUT2D eigenvalue weighted by atomic mass is 35.5. The van der Waals surface area contributed by atoms with E-state index in [0.29, 0.717) is 34.6 Å². The van der Waals surface area contributed by atoms with Crippen molar-refractivity contribution in [1.82, 2.24) is 24.6 Å². The second-order valence-electron chi connectivity index (χ2n) is 7.85. The molecule has 1 aliphatic rings. The molecule has 2 aromatic carbocycles. The Hall–Kier alpha value is -2.94. The van der Waals surface area contributed by atoms with Crippen molar-refractivity contribution in [3.8, 4) is 5.69 Å². The van der Waals surface area contributed by atoms with E-state index in [1.54, 1.807) is 21.9 Å². The molecule has 2 aromatic heterocycles. The average molecular weight is 500 g/mol. The topological polar surface area (TPSA) is 71.3 Å². The summed E-state index contributed by atoms with van der Waals surface area (Å²) in [6.07, 6.45) is 1.50. The van der Waals surface area contributed by atoms with Gasteiger partial charge in [-0.1, -0.05) is 35.3 Å². The minimum Gasteiger partial charge on any atom is -0.334 e. The Balaban J connectivity index is 1.29. The molecule has 168 valence electrons. The van der Waals surface area contributed by atoms with Gasteiger partial charge in [0.05, 0.1) is 10.6 Å². The van der Waals surface area contributed by atoms with Crippen LogP contribution in [0.15, 0.2) is 54.9 Å². The summed E-state index contributed by atoms with van der Waals surface area (Å²) in [7, 11) is 0. The molecule has 1 unspecified atom stereocenters. The zero-order valence-corrected chi connectivity index (χ0v) is 19.9. The predicted molar refractivity (Wildman–Crippen MR) is 130 cm³/mol. The minimum absolute atomic E-state index is 0.0467. The molecule has 7 nitrogen and oxygen atoms in total. The summed E-state index contributed by atoms with van der Waals surface area (Å²) in [5, 5.41) is 6.43. The molecular formula is C23H19Cl2N5O2S. The first-order valence-corrected chi connectivity index (χ1v) is 11.9. The molecule has 0 radical (unpaired) electrons. The first kappa shape index (κ1) is 21.9. The number of hydrogen-bond acceptors (Lipinski definition) is 5. The van der Waals surface area contributed by atoms with Crippen molar-refractivity contribution in [3.05, 3.63) is 75.6 Å². The van der Waals surface area contributed by atoms with Crippen molar-refractivity contribution in [3.63, 3.8) is 0 Å². The van der Waals surface area contributed by atoms with Gasteiger partial charge in [-0.05, 0) is 43.3 Å². The van der Waals surface area contributed by atoms with Crippen molar-refractivity contribution in [2.75, 3.05) is 19.6 Å². The van der Waals surface area contributed by atoms with Gasteiger partial charge in [0.15, 0.2) is 0 Å². The third kappa shape index (κ3) is 4.21. The predicted octanol–water partition coefficient (Wildman–Crippen LogP) is 4.78. The summed E-state index contributed by atoms with van der Waals surface area (Å²) in [5.41, 5.74) is 0.723. The highest BCUT2D eigenvalue weighted by Gasteiger charge is 2.32. The normalized spacial score (nSPS) is 16.4. The maximum atomic E-state index is 13.1. The molecule has 2 amide bonds. The molecule has 3 heterocycles. The molecule has 1 saturated heterocycles. The molecule has 5 rings (SSSR count). The fraction of sp³-hybridized carbons (Fsp3) is 0.217. The highest BCUT2D eigenvalue weighted by Crippen LogP contribution is 2.32. The molecular weight excluding hydrogens is 481 g/mol. The fourth-order valence-corrected chi connectivity index (χ4v) is 5.49. The van der Waals surface area contributed by atoms with E-state index in [1.165, 1.54) is 22.3 Å². The summed E-state index contributed by atoms with van der Waals surface area (Å²) in [6, 6.07) is 14.5. The van der Waals surface area contributed by atoms with Crippen LogP contribution in [0.1, 0.15) is 27.2 Å². The smallest absolute Gasteiger partial charge is 0.293 e. The van der Waals surface area contributed by atoms with Gasteiger partial charge in [0.25, 0.3) is 11.8 Å². The number of benzene rings is 2. The van der Waals surface area contributed by atoms with E-state index in [1.807, 2.05) is 43.3 Å². The molecule has 0 bridgehead atoms. The minimum atomic E-state index is -0.260. The van der Waals surface area contributed by atoms with Gasteiger partial charge in [-0.3, -0.25) is 9.59 Å². The summed E-state index contributed by atoms with van der Waals surface area (Å²) >= 11 is 13.7. The van der Waals surface area contributed by atoms with E-state index >= 15 is 0 Å². The number of aromatic nitrogens is 3. The monoisotopic (exact) mass is 499 g/mol. The fourth-order valence-electron chi connectivity index (χ4n) is 3.96. The van der Waals surface area contributed by atoms with Gasteiger partial charge >= 0.3 is 0 Å². The summed E-state index contributed by atoms with van der Waals surface area (Å²) < 4.78 is 2.50. The lowest BCUT2D eigenvalue weighted by molar-refractivity contribution is 0.0409. The van der Waals surface area contributed by atoms with Gasteiger partial charge in [0, 0.05) is 45.8 Å². The largest absolute Gasteiger partial charge is 0.334 e. The molecule has 0 aliphatic carbocycles. The Bertz CT molecular complexity index is 1370. The van der Waals surface area contributed by atoms with Crippen LogP contribution >= 0.6 is 34.5 Å². The standard InChI is InChI=1S/C23H19Cl2N5O2S/c1-14-12-28(22(31)20-11-17-18(25)6-3-7-19(17)33-20)8-9-29(14)23(32)21-26-13-30(27-21)16-5-2-4-15(24)10-16/h2-7,10-11,13-14H,8-9,12H2,1H3. The number of amides is 2. The van der Waals surface area contributed by atoms with Crippen molar-refractivity contribution < 1.29 is 9.59 Å². The number of hydrogen-bond donors (Lipinski definition) is 0. The number of fused-ring (bicyclic) bond motifs is 1. The first-order valence-electron chi connectivity index (χ1n) is 10.4. The molecule has 0 spiro atoms. The van der Waals surface area contributed by atoms with Crippen molar-refractivity contribution in [2.45, 2.75) is 13.0 Å². The molecule has 1 fully saturated rings. The van der Waals surface area contributed by atoms with Crippen molar-refractivity contribution in [2.24, 2.45) is 0 Å².